The molecule has 0 aliphatic rings. The molecule has 0 rings (SSSR count). The molecule has 0 saturated carbocycles. The summed E-state index contributed by atoms with van der Waals surface area (Å²) in [6.07, 6.45) is 0. The molecule has 2 N–H and O–H groups in total. The highest BCUT2D eigenvalue weighted by Crippen LogP contribution is 2.21. The summed E-state index contributed by atoms with van der Waals surface area (Å²) in [5.74, 6) is 1.13. The van der Waals surface area contributed by atoms with Crippen LogP contribution in [0.4, 0.5) is 0 Å². The Bertz CT molecular complexity index is 103. The van der Waals surface area contributed by atoms with E-state index in [1.165, 1.54) is 0 Å². The fourth-order valence-electron chi connectivity index (χ4n) is 0.667. The Balaban J connectivity index is 0. The lowest BCUT2D eigenvalue weighted by molar-refractivity contribution is 0.250. The van der Waals surface area contributed by atoms with Crippen molar-refractivity contribution in [2.24, 2.45) is 17.6 Å². The topological polar surface area (TPSA) is 29.3 Å². The lowest BCUT2D eigenvalue weighted by atomic mass is 9.80. The molecule has 2 heteroatoms. The molecular weight excluding hydrogens is 160 g/mol. The molecule has 2 nitrogen and oxygen atoms in total. The fraction of sp³-hybridized carbons (Fsp3) is 1.00. The number of hydrogen-bond donors (Lipinski definition) is 1. The van der Waals surface area contributed by atoms with Crippen molar-refractivity contribution in [2.45, 2.75) is 40.2 Å². The van der Waals surface area contributed by atoms with Crippen LogP contribution in [-0.4, -0.2) is 31.6 Å². The minimum Gasteiger partial charge on any atom is -0.325 e. The maximum absolute atomic E-state index is 6.00. The van der Waals surface area contributed by atoms with Crippen LogP contribution in [0.5, 0.6) is 0 Å². The first-order chi connectivity index (χ1) is 5.62. The van der Waals surface area contributed by atoms with E-state index in [-0.39, 0.29) is 5.54 Å². The van der Waals surface area contributed by atoms with Crippen molar-refractivity contribution in [3.63, 3.8) is 0 Å². The van der Waals surface area contributed by atoms with Gasteiger partial charge in [-0.3, -0.25) is 0 Å². The first kappa shape index (κ1) is 15.4. The molecule has 0 saturated heterocycles. The molecule has 0 heterocycles. The third-order valence-electron chi connectivity index (χ3n) is 2.49. The summed E-state index contributed by atoms with van der Waals surface area (Å²) in [5.41, 5.74) is 6.00. The maximum Gasteiger partial charge on any atom is 0.0172 e. The largest absolute Gasteiger partial charge is 0.325 e. The van der Waals surface area contributed by atoms with Crippen LogP contribution in [0.25, 0.3) is 0 Å². The van der Waals surface area contributed by atoms with Gasteiger partial charge in [0.05, 0.1) is 0 Å². The van der Waals surface area contributed by atoms with Gasteiger partial charge in [-0.25, -0.2) is 0 Å². The summed E-state index contributed by atoms with van der Waals surface area (Å²) in [6.45, 7) is 10.8. The van der Waals surface area contributed by atoms with Crippen molar-refractivity contribution in [1.29, 1.82) is 0 Å². The molecule has 0 aliphatic heterocycles. The second-order valence-electron chi connectivity index (χ2n) is 5.02. The third-order valence-corrected chi connectivity index (χ3v) is 2.49. The molecule has 82 valence electrons. The van der Waals surface area contributed by atoms with E-state index in [1.807, 2.05) is 26.0 Å². The van der Waals surface area contributed by atoms with Gasteiger partial charge in [-0.15, -0.1) is 0 Å². The summed E-state index contributed by atoms with van der Waals surface area (Å²) in [7, 11) is 6.00. The molecule has 13 heavy (non-hydrogen) atoms. The lowest BCUT2D eigenvalue weighted by Gasteiger charge is -2.33. The molecule has 0 fully saturated rings. The van der Waals surface area contributed by atoms with Gasteiger partial charge in [-0.1, -0.05) is 27.7 Å². The summed E-state index contributed by atoms with van der Waals surface area (Å²) >= 11 is 0. The van der Waals surface area contributed by atoms with Crippen molar-refractivity contribution in [2.75, 3.05) is 21.1 Å². The van der Waals surface area contributed by atoms with E-state index in [4.69, 9.17) is 5.73 Å². The third kappa shape index (κ3) is 8.26. The zero-order chi connectivity index (χ0) is 11.2. The van der Waals surface area contributed by atoms with Crippen molar-refractivity contribution in [3.05, 3.63) is 0 Å². The number of hydrogen-bond acceptors (Lipinski definition) is 2. The Morgan fingerprint density at radius 1 is 0.923 bits per heavy atom. The Hall–Kier alpha value is -0.0800. The van der Waals surface area contributed by atoms with E-state index < -0.39 is 0 Å². The zero-order valence-corrected chi connectivity index (χ0v) is 10.7. The van der Waals surface area contributed by atoms with Crippen molar-refractivity contribution in [1.82, 2.24) is 4.90 Å². The summed E-state index contributed by atoms with van der Waals surface area (Å²) in [4.78, 5) is 2.00. The zero-order valence-electron chi connectivity index (χ0n) is 10.7. The molecule has 0 unspecified atom stereocenters. The van der Waals surface area contributed by atoms with Crippen LogP contribution >= 0.6 is 0 Å². The minimum atomic E-state index is 0.000000000000000222. The van der Waals surface area contributed by atoms with E-state index in [2.05, 4.69) is 34.6 Å². The van der Waals surface area contributed by atoms with E-state index in [0.717, 1.165) is 0 Å². The molecule has 0 aromatic heterocycles. The Labute approximate surface area is 84.5 Å². The fourth-order valence-corrected chi connectivity index (χ4v) is 0.667. The molecule has 0 amide bonds. The molecule has 0 aromatic carbocycles. The standard InChI is InChI=1S/C8H19N.C3H9N/c1-6(2)8(5,9)7(3)4;1-4(2)3/h6-7H,9H2,1-5H3;1-3H3. The van der Waals surface area contributed by atoms with Crippen LogP contribution in [-0.2, 0) is 0 Å². The van der Waals surface area contributed by atoms with Gasteiger partial charge in [-0.05, 0) is 39.9 Å². The highest BCUT2D eigenvalue weighted by atomic mass is 15.0. The minimum absolute atomic E-state index is 0.000000000000000222. The first-order valence-electron chi connectivity index (χ1n) is 5.02. The molecule has 0 atom stereocenters. The quantitative estimate of drug-likeness (QED) is 0.720. The van der Waals surface area contributed by atoms with Crippen molar-refractivity contribution < 1.29 is 0 Å². The second-order valence-corrected chi connectivity index (χ2v) is 5.02. The van der Waals surface area contributed by atoms with E-state index in [1.54, 1.807) is 0 Å². The van der Waals surface area contributed by atoms with Gasteiger partial charge in [-0.2, -0.15) is 0 Å². The molecular formula is C11H28N2. The van der Waals surface area contributed by atoms with Gasteiger partial charge in [0.15, 0.2) is 0 Å². The summed E-state index contributed by atoms with van der Waals surface area (Å²) in [6, 6.07) is 0. The van der Waals surface area contributed by atoms with Gasteiger partial charge in [0, 0.05) is 5.54 Å². The predicted molar refractivity (Wildman–Crippen MR) is 61.9 cm³/mol. The van der Waals surface area contributed by atoms with Gasteiger partial charge in [0.1, 0.15) is 0 Å². The predicted octanol–water partition coefficient (Wildman–Crippen LogP) is 2.19. The summed E-state index contributed by atoms with van der Waals surface area (Å²) < 4.78 is 0. The normalized spacial score (nSPS) is 12.0. The van der Waals surface area contributed by atoms with Crippen LogP contribution < -0.4 is 5.73 Å². The number of nitrogens with zero attached hydrogens (tertiary/aromatic N) is 1. The molecule has 0 aromatic rings. The lowest BCUT2D eigenvalue weighted by Crippen LogP contribution is -2.46. The van der Waals surface area contributed by atoms with Gasteiger partial charge >= 0.3 is 0 Å². The van der Waals surface area contributed by atoms with Crippen molar-refractivity contribution in [3.8, 4) is 0 Å². The average Bonchev–Trinajstić information content (AvgIpc) is 1.85. The van der Waals surface area contributed by atoms with Crippen LogP contribution in [0.15, 0.2) is 0 Å². The van der Waals surface area contributed by atoms with E-state index in [0.29, 0.717) is 11.8 Å². The average molecular weight is 188 g/mol. The summed E-state index contributed by atoms with van der Waals surface area (Å²) in [5, 5.41) is 0. The Kier molecular flexibility index (Phi) is 7.56. The number of rotatable bonds is 2. The molecule has 0 bridgehead atoms. The molecule has 0 spiro atoms. The van der Waals surface area contributed by atoms with Crippen LogP contribution in [0.2, 0.25) is 0 Å². The highest BCUT2D eigenvalue weighted by Gasteiger charge is 2.26. The monoisotopic (exact) mass is 188 g/mol. The van der Waals surface area contributed by atoms with Gasteiger partial charge in [0.25, 0.3) is 0 Å². The van der Waals surface area contributed by atoms with Gasteiger partial charge in [0.2, 0.25) is 0 Å². The van der Waals surface area contributed by atoms with Crippen LogP contribution in [0.1, 0.15) is 34.6 Å². The van der Waals surface area contributed by atoms with Gasteiger partial charge < -0.3 is 10.6 Å². The van der Waals surface area contributed by atoms with Crippen LogP contribution in [0.3, 0.4) is 0 Å². The van der Waals surface area contributed by atoms with Crippen LogP contribution in [0, 0.1) is 11.8 Å². The first-order valence-corrected chi connectivity index (χ1v) is 5.02. The Morgan fingerprint density at radius 3 is 1.08 bits per heavy atom. The van der Waals surface area contributed by atoms with Crippen molar-refractivity contribution >= 4 is 0 Å². The Morgan fingerprint density at radius 2 is 1.08 bits per heavy atom. The maximum atomic E-state index is 6.00. The highest BCUT2D eigenvalue weighted by molar-refractivity contribution is 4.84. The van der Waals surface area contributed by atoms with E-state index >= 15 is 0 Å². The number of nitrogens with two attached hydrogens (primary N) is 1. The molecule has 0 aliphatic carbocycles. The smallest absolute Gasteiger partial charge is 0.0172 e. The van der Waals surface area contributed by atoms with E-state index in [9.17, 15) is 0 Å². The SMILES string of the molecule is CC(C)C(C)(N)C(C)C.CN(C)C. The molecule has 0 radical (unpaired) electrons. The second kappa shape index (κ2) is 6.39.